The Bertz CT molecular complexity index is 832. The third-order valence-electron chi connectivity index (χ3n) is 3.64. The number of carbonyl (C=O) groups is 1. The summed E-state index contributed by atoms with van der Waals surface area (Å²) in [6.07, 6.45) is 0.343. The zero-order chi connectivity index (χ0) is 19.4. The third-order valence-corrected chi connectivity index (χ3v) is 6.64. The van der Waals surface area contributed by atoms with E-state index in [1.165, 1.54) is 32.2 Å². The Morgan fingerprint density at radius 1 is 1.16 bits per heavy atom. The molecule has 1 unspecified atom stereocenters. The van der Waals surface area contributed by atoms with Crippen LogP contribution in [-0.2, 0) is 24.8 Å². The Kier molecular flexibility index (Phi) is 7.12. The maximum Gasteiger partial charge on any atom is 0.307 e. The van der Waals surface area contributed by atoms with Gasteiger partial charge < -0.3 is 5.11 Å². The van der Waals surface area contributed by atoms with Crippen molar-refractivity contribution in [3.63, 3.8) is 0 Å². The van der Waals surface area contributed by atoms with E-state index in [1.807, 2.05) is 13.8 Å². The van der Waals surface area contributed by atoms with Crippen molar-refractivity contribution >= 4 is 26.0 Å². The van der Waals surface area contributed by atoms with Gasteiger partial charge in [-0.05, 0) is 50.1 Å². The SMILES string of the molecule is CNS(=O)(=O)c1ccc(S(=O)(=O)NCC(CC(C)C)C(=O)O)cc1C. The minimum absolute atomic E-state index is 0.0165. The van der Waals surface area contributed by atoms with Gasteiger partial charge in [0.05, 0.1) is 15.7 Å². The summed E-state index contributed by atoms with van der Waals surface area (Å²) in [5.41, 5.74) is 0.272. The minimum atomic E-state index is -3.94. The van der Waals surface area contributed by atoms with Crippen LogP contribution in [0.5, 0.6) is 0 Å². The molecule has 10 heteroatoms. The summed E-state index contributed by atoms with van der Waals surface area (Å²) in [6.45, 7) is 4.97. The number of rotatable bonds is 9. The van der Waals surface area contributed by atoms with Crippen LogP contribution in [0.15, 0.2) is 28.0 Å². The Balaban J connectivity index is 3.03. The number of nitrogens with one attached hydrogen (secondary N) is 2. The van der Waals surface area contributed by atoms with E-state index >= 15 is 0 Å². The zero-order valence-electron chi connectivity index (χ0n) is 14.6. The van der Waals surface area contributed by atoms with Gasteiger partial charge in [-0.1, -0.05) is 13.8 Å². The molecule has 0 saturated heterocycles. The molecule has 1 rings (SSSR count). The predicted molar refractivity (Wildman–Crippen MR) is 93.2 cm³/mol. The van der Waals surface area contributed by atoms with E-state index in [1.54, 1.807) is 0 Å². The lowest BCUT2D eigenvalue weighted by atomic mass is 9.98. The molecule has 1 aromatic rings. The van der Waals surface area contributed by atoms with E-state index in [-0.39, 0.29) is 27.8 Å². The molecule has 0 radical (unpaired) electrons. The van der Waals surface area contributed by atoms with Gasteiger partial charge in [-0.2, -0.15) is 0 Å². The Labute approximate surface area is 148 Å². The van der Waals surface area contributed by atoms with E-state index in [4.69, 9.17) is 0 Å². The topological polar surface area (TPSA) is 130 Å². The van der Waals surface area contributed by atoms with Gasteiger partial charge >= 0.3 is 5.97 Å². The molecule has 0 bridgehead atoms. The van der Waals surface area contributed by atoms with Crippen LogP contribution in [0.2, 0.25) is 0 Å². The van der Waals surface area contributed by atoms with Crippen LogP contribution < -0.4 is 9.44 Å². The molecule has 142 valence electrons. The van der Waals surface area contributed by atoms with Gasteiger partial charge in [0.15, 0.2) is 0 Å². The van der Waals surface area contributed by atoms with E-state index < -0.39 is 31.9 Å². The van der Waals surface area contributed by atoms with Crippen molar-refractivity contribution in [3.8, 4) is 0 Å². The summed E-state index contributed by atoms with van der Waals surface area (Å²) in [5.74, 6) is -1.79. The summed E-state index contributed by atoms with van der Waals surface area (Å²) in [5, 5.41) is 9.18. The number of benzene rings is 1. The monoisotopic (exact) mass is 392 g/mol. The Morgan fingerprint density at radius 2 is 1.76 bits per heavy atom. The highest BCUT2D eigenvalue weighted by Gasteiger charge is 2.24. The number of hydrogen-bond acceptors (Lipinski definition) is 5. The molecule has 0 fully saturated rings. The van der Waals surface area contributed by atoms with Crippen molar-refractivity contribution in [2.45, 2.75) is 37.0 Å². The van der Waals surface area contributed by atoms with Crippen molar-refractivity contribution in [2.24, 2.45) is 11.8 Å². The first kappa shape index (κ1) is 21.6. The second-order valence-corrected chi connectivity index (χ2v) is 9.77. The molecule has 0 aliphatic carbocycles. The van der Waals surface area contributed by atoms with Crippen molar-refractivity contribution in [1.29, 1.82) is 0 Å². The van der Waals surface area contributed by atoms with Gasteiger partial charge in [0, 0.05) is 6.54 Å². The number of hydrogen-bond donors (Lipinski definition) is 3. The molecule has 1 atom stereocenters. The van der Waals surface area contributed by atoms with Crippen LogP contribution in [0.3, 0.4) is 0 Å². The predicted octanol–water partition coefficient (Wildman–Crippen LogP) is 0.928. The standard InChI is InChI=1S/C15H24N2O6S2/c1-10(2)7-12(15(18)19)9-17-24(20,21)13-5-6-14(11(3)8-13)25(22,23)16-4/h5-6,8,10,12,16-17H,7,9H2,1-4H3,(H,18,19). The maximum absolute atomic E-state index is 12.4. The van der Waals surface area contributed by atoms with Crippen LogP contribution in [0.4, 0.5) is 0 Å². The van der Waals surface area contributed by atoms with Crippen molar-refractivity contribution in [2.75, 3.05) is 13.6 Å². The molecular formula is C15H24N2O6S2. The minimum Gasteiger partial charge on any atom is -0.481 e. The normalized spacial score (nSPS) is 13.8. The molecule has 0 heterocycles. The first-order valence-corrected chi connectivity index (χ1v) is 10.6. The average molecular weight is 392 g/mol. The number of aliphatic carboxylic acids is 1. The average Bonchev–Trinajstić information content (AvgIpc) is 2.50. The van der Waals surface area contributed by atoms with Gasteiger partial charge in [0.1, 0.15) is 0 Å². The Morgan fingerprint density at radius 3 is 2.20 bits per heavy atom. The highest BCUT2D eigenvalue weighted by atomic mass is 32.2. The van der Waals surface area contributed by atoms with E-state index in [0.29, 0.717) is 6.42 Å². The quantitative estimate of drug-likeness (QED) is 0.573. The van der Waals surface area contributed by atoms with E-state index in [9.17, 15) is 26.7 Å². The first-order chi connectivity index (χ1) is 11.4. The third kappa shape index (κ3) is 5.77. The van der Waals surface area contributed by atoms with Crippen LogP contribution in [0.1, 0.15) is 25.8 Å². The van der Waals surface area contributed by atoms with Gasteiger partial charge in [0.25, 0.3) is 0 Å². The molecule has 0 aromatic heterocycles. The summed E-state index contributed by atoms with van der Waals surface area (Å²) in [6, 6.07) is 3.63. The molecule has 0 amide bonds. The molecule has 0 spiro atoms. The van der Waals surface area contributed by atoms with Crippen molar-refractivity contribution in [3.05, 3.63) is 23.8 Å². The van der Waals surface area contributed by atoms with Gasteiger partial charge in [0.2, 0.25) is 20.0 Å². The molecule has 0 aliphatic heterocycles. The number of aryl methyl sites for hydroxylation is 1. The molecule has 8 nitrogen and oxygen atoms in total. The highest BCUT2D eigenvalue weighted by molar-refractivity contribution is 7.90. The number of carboxylic acid groups (broad SMARTS) is 1. The number of sulfonamides is 2. The van der Waals surface area contributed by atoms with E-state index in [0.717, 1.165) is 0 Å². The highest BCUT2D eigenvalue weighted by Crippen LogP contribution is 2.20. The lowest BCUT2D eigenvalue weighted by Gasteiger charge is -2.16. The van der Waals surface area contributed by atoms with Crippen molar-refractivity contribution < 1.29 is 26.7 Å². The lowest BCUT2D eigenvalue weighted by molar-refractivity contribution is -0.142. The summed E-state index contributed by atoms with van der Waals surface area (Å²) >= 11 is 0. The van der Waals surface area contributed by atoms with Crippen LogP contribution in [-0.4, -0.2) is 41.5 Å². The smallest absolute Gasteiger partial charge is 0.307 e. The zero-order valence-corrected chi connectivity index (χ0v) is 16.2. The van der Waals surface area contributed by atoms with Gasteiger partial charge in [-0.15, -0.1) is 0 Å². The maximum atomic E-state index is 12.4. The molecule has 3 N–H and O–H groups in total. The number of carboxylic acids is 1. The molecule has 1 aromatic carbocycles. The fourth-order valence-electron chi connectivity index (χ4n) is 2.33. The van der Waals surface area contributed by atoms with Gasteiger partial charge in [-0.25, -0.2) is 26.3 Å². The van der Waals surface area contributed by atoms with Crippen LogP contribution >= 0.6 is 0 Å². The molecule has 0 saturated carbocycles. The fourth-order valence-corrected chi connectivity index (χ4v) is 4.45. The fraction of sp³-hybridized carbons (Fsp3) is 0.533. The Hall–Kier alpha value is -1.49. The molecule has 0 aliphatic rings. The lowest BCUT2D eigenvalue weighted by Crippen LogP contribution is -2.33. The van der Waals surface area contributed by atoms with Crippen molar-refractivity contribution in [1.82, 2.24) is 9.44 Å². The second kappa shape index (κ2) is 8.26. The summed E-state index contributed by atoms with van der Waals surface area (Å²) in [7, 11) is -6.36. The van der Waals surface area contributed by atoms with Gasteiger partial charge in [-0.3, -0.25) is 4.79 Å². The largest absolute Gasteiger partial charge is 0.481 e. The second-order valence-electron chi connectivity index (χ2n) is 6.15. The molecule has 25 heavy (non-hydrogen) atoms. The summed E-state index contributed by atoms with van der Waals surface area (Å²) in [4.78, 5) is 11.1. The molecular weight excluding hydrogens is 368 g/mol. The first-order valence-electron chi connectivity index (χ1n) is 7.67. The van der Waals surface area contributed by atoms with E-state index in [2.05, 4.69) is 9.44 Å². The summed E-state index contributed by atoms with van der Waals surface area (Å²) < 4.78 is 52.8. The van der Waals surface area contributed by atoms with Crippen LogP contribution in [0, 0.1) is 18.8 Å². The van der Waals surface area contributed by atoms with Crippen LogP contribution in [0.25, 0.3) is 0 Å².